The molecule has 2 fully saturated rings. The van der Waals surface area contributed by atoms with Crippen molar-refractivity contribution in [1.29, 1.82) is 0 Å². The minimum absolute atomic E-state index is 0.00240. The van der Waals surface area contributed by atoms with Crippen LogP contribution in [0.2, 0.25) is 0 Å². The smallest absolute Gasteiger partial charge is 0.419 e. The highest BCUT2D eigenvalue weighted by atomic mass is 19.4. The van der Waals surface area contributed by atoms with Crippen molar-refractivity contribution in [2.75, 3.05) is 44.9 Å². The van der Waals surface area contributed by atoms with Crippen LogP contribution in [-0.4, -0.2) is 89.2 Å². The summed E-state index contributed by atoms with van der Waals surface area (Å²) in [6.45, 7) is 3.51. The highest BCUT2D eigenvalue weighted by Crippen LogP contribution is 2.29. The fourth-order valence-corrected chi connectivity index (χ4v) is 4.47. The van der Waals surface area contributed by atoms with Crippen LogP contribution in [0, 0.1) is 6.92 Å². The van der Waals surface area contributed by atoms with Crippen LogP contribution in [0.4, 0.5) is 19.1 Å². The molecule has 0 aliphatic carbocycles. The van der Waals surface area contributed by atoms with Gasteiger partial charge in [0.15, 0.2) is 0 Å². The Morgan fingerprint density at radius 2 is 1.78 bits per heavy atom. The number of hydrogen-bond acceptors (Lipinski definition) is 9. The van der Waals surface area contributed by atoms with Crippen molar-refractivity contribution >= 4 is 11.9 Å². The van der Waals surface area contributed by atoms with E-state index in [1.54, 1.807) is 6.92 Å². The van der Waals surface area contributed by atoms with E-state index in [1.807, 2.05) is 9.80 Å². The Labute approximate surface area is 210 Å². The third-order valence-corrected chi connectivity index (χ3v) is 6.53. The van der Waals surface area contributed by atoms with E-state index in [2.05, 4.69) is 20.2 Å². The zero-order valence-electron chi connectivity index (χ0n) is 20.5. The monoisotopic (exact) mass is 526 g/mol. The Hall–Kier alpha value is -3.26. The number of piperidine rings is 1. The zero-order chi connectivity index (χ0) is 26.6. The van der Waals surface area contributed by atoms with Crippen molar-refractivity contribution in [2.45, 2.75) is 50.6 Å². The number of halogens is 3. The van der Waals surface area contributed by atoms with Gasteiger partial charge in [-0.2, -0.15) is 18.3 Å². The van der Waals surface area contributed by atoms with Crippen molar-refractivity contribution in [3.05, 3.63) is 40.1 Å². The largest absolute Gasteiger partial charge is 0.483 e. The molecule has 0 saturated carbocycles. The number of hydrogen-bond donors (Lipinski definition) is 1. The summed E-state index contributed by atoms with van der Waals surface area (Å²) in [5, 5.41) is 6.08. The van der Waals surface area contributed by atoms with Gasteiger partial charge >= 0.3 is 6.18 Å². The van der Waals surface area contributed by atoms with Crippen LogP contribution in [-0.2, 0) is 20.4 Å². The molecule has 37 heavy (non-hydrogen) atoms. The molecule has 2 aromatic heterocycles. The summed E-state index contributed by atoms with van der Waals surface area (Å²) in [7, 11) is 1.52. The molecule has 0 aromatic carbocycles. The van der Waals surface area contributed by atoms with Gasteiger partial charge in [-0.1, -0.05) is 0 Å². The number of nitrogens with zero attached hydrogens (tertiary/aromatic N) is 5. The molecule has 2 aliphatic rings. The van der Waals surface area contributed by atoms with Crippen LogP contribution < -0.4 is 15.2 Å². The lowest BCUT2D eigenvalue weighted by Gasteiger charge is -2.36. The molecule has 14 heteroatoms. The van der Waals surface area contributed by atoms with Gasteiger partial charge in [-0.25, -0.2) is 15.1 Å². The molecule has 0 spiro atoms. The second-order valence-electron chi connectivity index (χ2n) is 9.01. The number of likely N-dealkylation sites (tertiary alicyclic amines) is 1. The van der Waals surface area contributed by atoms with E-state index in [0.29, 0.717) is 50.2 Å². The van der Waals surface area contributed by atoms with Crippen LogP contribution in [0.1, 0.15) is 30.4 Å². The lowest BCUT2D eigenvalue weighted by atomic mass is 10.0. The second kappa shape index (κ2) is 11.4. The Morgan fingerprint density at radius 1 is 1.08 bits per heavy atom. The first kappa shape index (κ1) is 26.8. The zero-order valence-corrected chi connectivity index (χ0v) is 20.5. The first-order valence-corrected chi connectivity index (χ1v) is 11.9. The topological polar surface area (TPSA) is 123 Å². The number of anilines is 1. The number of rotatable bonds is 9. The van der Waals surface area contributed by atoms with E-state index < -0.39 is 23.9 Å². The first-order valence-electron chi connectivity index (χ1n) is 11.9. The average Bonchev–Trinajstić information content (AvgIpc) is 3.25. The fraction of sp³-hybridized carbons (Fsp3) is 0.609. The molecule has 2 aliphatic heterocycles. The summed E-state index contributed by atoms with van der Waals surface area (Å²) < 4.78 is 55.2. The first-order chi connectivity index (χ1) is 17.7. The number of alkyl halides is 3. The molecule has 4 rings (SSSR count). The van der Waals surface area contributed by atoms with E-state index in [0.717, 1.165) is 12.4 Å². The maximum atomic E-state index is 13.0. The third kappa shape index (κ3) is 6.36. The van der Waals surface area contributed by atoms with Crippen LogP contribution in [0.3, 0.4) is 0 Å². The molecule has 4 heterocycles. The predicted octanol–water partition coefficient (Wildman–Crippen LogP) is 1.57. The summed E-state index contributed by atoms with van der Waals surface area (Å²) in [6.07, 6.45) is -0.828. The van der Waals surface area contributed by atoms with Gasteiger partial charge in [0.2, 0.25) is 5.95 Å². The molecular weight excluding hydrogens is 497 g/mol. The Balaban J connectivity index is 1.28. The number of carbonyl (C=O) groups excluding carboxylic acids is 1. The van der Waals surface area contributed by atoms with Gasteiger partial charge in [0.25, 0.3) is 11.5 Å². The second-order valence-corrected chi connectivity index (χ2v) is 9.01. The molecule has 2 atom stereocenters. The van der Waals surface area contributed by atoms with Gasteiger partial charge in [0.05, 0.1) is 30.5 Å². The highest BCUT2D eigenvalue weighted by Gasteiger charge is 2.38. The molecule has 2 aromatic rings. The fourth-order valence-electron chi connectivity index (χ4n) is 4.47. The maximum Gasteiger partial charge on any atom is 0.419 e. The molecular formula is C23H29F3N6O5. The van der Waals surface area contributed by atoms with Crippen LogP contribution >= 0.6 is 0 Å². The molecule has 0 radical (unpaired) electrons. The van der Waals surface area contributed by atoms with Gasteiger partial charge in [-0.3, -0.25) is 9.59 Å². The van der Waals surface area contributed by atoms with Gasteiger partial charge in [-0.15, -0.1) is 0 Å². The summed E-state index contributed by atoms with van der Waals surface area (Å²) in [6, 6.07) is 0.00240. The summed E-state index contributed by atoms with van der Waals surface area (Å²) in [5.74, 6) is 0.461. The summed E-state index contributed by atoms with van der Waals surface area (Å²) in [4.78, 5) is 36.2. The maximum absolute atomic E-state index is 13.0. The summed E-state index contributed by atoms with van der Waals surface area (Å²) in [5.41, 5.74) is -0.860. The minimum atomic E-state index is -4.48. The molecule has 1 N–H and O–H groups in total. The Bertz CT molecular complexity index is 1120. The molecule has 1 amide bonds. The number of aromatic amines is 1. The van der Waals surface area contributed by atoms with Gasteiger partial charge in [0.1, 0.15) is 18.0 Å². The number of ether oxygens (including phenoxy) is 3. The quantitative estimate of drug-likeness (QED) is 0.519. The third-order valence-electron chi connectivity index (χ3n) is 6.53. The number of carbonyl (C=O) groups is 1. The number of aromatic nitrogens is 4. The number of amides is 1. The molecule has 0 unspecified atom stereocenters. The molecule has 11 nitrogen and oxygen atoms in total. The predicted molar refractivity (Wildman–Crippen MR) is 124 cm³/mol. The normalized spacial score (nSPS) is 19.9. The SMILES string of the molecule is COC[C@@H](CO[C@@H]1CCN(C2CCN(c3ncc(C(F)(F)F)cn3)CC2)C1=O)Oc1cn[nH]c(=O)c1C. The van der Waals surface area contributed by atoms with Gasteiger partial charge in [0, 0.05) is 51.6 Å². The Kier molecular flexibility index (Phi) is 8.27. The number of H-pyrrole nitrogens is 1. The van der Waals surface area contributed by atoms with Crippen LogP contribution in [0.25, 0.3) is 0 Å². The van der Waals surface area contributed by atoms with Crippen LogP contribution in [0.15, 0.2) is 23.4 Å². The van der Waals surface area contributed by atoms with Crippen molar-refractivity contribution in [3.8, 4) is 5.75 Å². The van der Waals surface area contributed by atoms with Crippen LogP contribution in [0.5, 0.6) is 5.75 Å². The van der Waals surface area contributed by atoms with Crippen molar-refractivity contribution in [2.24, 2.45) is 0 Å². The van der Waals surface area contributed by atoms with Crippen molar-refractivity contribution < 1.29 is 32.2 Å². The number of methoxy groups -OCH3 is 1. The molecule has 2 saturated heterocycles. The van der Waals surface area contributed by atoms with E-state index >= 15 is 0 Å². The van der Waals surface area contributed by atoms with E-state index in [1.165, 1.54) is 13.3 Å². The van der Waals surface area contributed by atoms with Crippen molar-refractivity contribution in [1.82, 2.24) is 25.1 Å². The lowest BCUT2D eigenvalue weighted by molar-refractivity contribution is -0.141. The molecule has 202 valence electrons. The highest BCUT2D eigenvalue weighted by molar-refractivity contribution is 5.83. The standard InChI is InChI=1S/C23H29F3N6O5/c1-14-19(11-29-30-20(14)33)37-17(12-35-2)13-36-18-5-8-32(21(18)34)16-3-6-31(7-4-16)22-27-9-15(10-28-22)23(24,25)26/h9-11,16-18H,3-8,12-13H2,1-2H3,(H,30,33)/t17-,18+/m0/s1. The van der Waals surface area contributed by atoms with E-state index in [-0.39, 0.29) is 36.7 Å². The molecule has 0 bridgehead atoms. The Morgan fingerprint density at radius 3 is 2.43 bits per heavy atom. The summed E-state index contributed by atoms with van der Waals surface area (Å²) >= 11 is 0. The lowest BCUT2D eigenvalue weighted by Crippen LogP contribution is -2.47. The van der Waals surface area contributed by atoms with Gasteiger partial charge in [-0.05, 0) is 19.8 Å². The van der Waals surface area contributed by atoms with Gasteiger partial charge < -0.3 is 24.0 Å². The minimum Gasteiger partial charge on any atom is -0.483 e. The van der Waals surface area contributed by atoms with Crippen molar-refractivity contribution in [3.63, 3.8) is 0 Å². The van der Waals surface area contributed by atoms with E-state index in [9.17, 15) is 22.8 Å². The number of nitrogens with one attached hydrogen (secondary N) is 1. The van der Waals surface area contributed by atoms with E-state index in [4.69, 9.17) is 14.2 Å². The average molecular weight is 527 g/mol.